The van der Waals surface area contributed by atoms with Crippen LogP contribution in [0.25, 0.3) is 0 Å². The Morgan fingerprint density at radius 2 is 1.77 bits per heavy atom. The zero-order valence-electron chi connectivity index (χ0n) is 15.8. The van der Waals surface area contributed by atoms with Gasteiger partial charge in [-0.15, -0.1) is 0 Å². The first-order valence-corrected chi connectivity index (χ1v) is 12.5. The number of amides is 1. The second-order valence-electron chi connectivity index (χ2n) is 7.25. The lowest BCUT2D eigenvalue weighted by Crippen LogP contribution is -2.45. The highest BCUT2D eigenvalue weighted by atomic mass is 127. The average molecular weight is 662 g/mol. The largest absolute Gasteiger partial charge is 0.390 e. The minimum Gasteiger partial charge on any atom is -0.390 e. The summed E-state index contributed by atoms with van der Waals surface area (Å²) in [5, 5.41) is 12.5. The Bertz CT molecular complexity index is 1080. The van der Waals surface area contributed by atoms with Gasteiger partial charge in [-0.1, -0.05) is 0 Å². The molecule has 1 aliphatic heterocycles. The molecular weight excluding hydrogens is 644 g/mol. The van der Waals surface area contributed by atoms with Gasteiger partial charge < -0.3 is 10.4 Å². The zero-order chi connectivity index (χ0) is 22.3. The molecule has 0 spiro atoms. The van der Waals surface area contributed by atoms with E-state index in [1.807, 2.05) is 22.6 Å². The Hall–Kier alpha value is -0.900. The van der Waals surface area contributed by atoms with Crippen LogP contribution in [-0.4, -0.2) is 42.4 Å². The van der Waals surface area contributed by atoms with E-state index in [-0.39, 0.29) is 32.8 Å². The molecule has 2 aromatic carbocycles. The van der Waals surface area contributed by atoms with Crippen LogP contribution in [0.4, 0.5) is 14.5 Å². The molecule has 1 saturated heterocycles. The lowest BCUT2D eigenvalue weighted by Gasteiger charge is -2.35. The van der Waals surface area contributed by atoms with Crippen LogP contribution >= 0.6 is 45.2 Å². The van der Waals surface area contributed by atoms with Gasteiger partial charge in [0.2, 0.25) is 10.0 Å². The van der Waals surface area contributed by atoms with E-state index >= 15 is 0 Å². The van der Waals surface area contributed by atoms with E-state index < -0.39 is 33.2 Å². The van der Waals surface area contributed by atoms with Crippen molar-refractivity contribution < 1.29 is 27.1 Å². The standard InChI is InChI=1S/C19H18F2I2N2O4S/c1-19(27)4-6-25(7-5-19)30(28,29)16-8-11(2-3-14(16)22)18(26)24-12-9-13(20)17(21)15(23)10-12/h2-3,8-10,27H,4-7H2,1H3,(H,24,26). The summed E-state index contributed by atoms with van der Waals surface area (Å²) < 4.78 is 55.0. The molecule has 1 amide bonds. The van der Waals surface area contributed by atoms with Crippen molar-refractivity contribution in [1.29, 1.82) is 0 Å². The highest BCUT2D eigenvalue weighted by molar-refractivity contribution is 14.1. The first-order valence-electron chi connectivity index (χ1n) is 8.89. The average Bonchev–Trinajstić information content (AvgIpc) is 2.65. The van der Waals surface area contributed by atoms with Crippen molar-refractivity contribution in [2.24, 2.45) is 0 Å². The summed E-state index contributed by atoms with van der Waals surface area (Å²) >= 11 is 3.50. The lowest BCUT2D eigenvalue weighted by atomic mass is 9.95. The Labute approximate surface area is 200 Å². The van der Waals surface area contributed by atoms with Gasteiger partial charge in [-0.2, -0.15) is 4.31 Å². The Morgan fingerprint density at radius 3 is 2.37 bits per heavy atom. The third-order valence-electron chi connectivity index (χ3n) is 4.85. The van der Waals surface area contributed by atoms with E-state index in [0.29, 0.717) is 16.4 Å². The van der Waals surface area contributed by atoms with Gasteiger partial charge in [0.25, 0.3) is 5.91 Å². The normalized spacial score (nSPS) is 17.0. The maximum absolute atomic E-state index is 13.6. The first-order chi connectivity index (χ1) is 13.9. The van der Waals surface area contributed by atoms with Gasteiger partial charge in [0.15, 0.2) is 11.6 Å². The molecular formula is C19H18F2I2N2O4S. The molecule has 0 saturated carbocycles. The van der Waals surface area contributed by atoms with Gasteiger partial charge in [-0.3, -0.25) is 4.79 Å². The molecule has 3 rings (SSSR count). The summed E-state index contributed by atoms with van der Waals surface area (Å²) in [5.74, 6) is -2.74. The minimum atomic E-state index is -3.87. The quantitative estimate of drug-likeness (QED) is 0.384. The number of carbonyl (C=O) groups excluding carboxylic acids is 1. The maximum atomic E-state index is 13.6. The SMILES string of the molecule is CC1(O)CCN(S(=O)(=O)c2cc(C(=O)Nc3cc(F)c(F)c(I)c3)ccc2I)CC1. The van der Waals surface area contributed by atoms with Crippen LogP contribution in [0.15, 0.2) is 35.2 Å². The molecule has 2 N–H and O–H groups in total. The fourth-order valence-electron chi connectivity index (χ4n) is 3.02. The van der Waals surface area contributed by atoms with Crippen molar-refractivity contribution in [2.45, 2.75) is 30.3 Å². The first kappa shape index (κ1) is 23.8. The lowest BCUT2D eigenvalue weighted by molar-refractivity contribution is 0.0126. The summed E-state index contributed by atoms with van der Waals surface area (Å²) in [6.07, 6.45) is 0.634. The number of nitrogens with zero attached hydrogens (tertiary/aromatic N) is 1. The van der Waals surface area contributed by atoms with Gasteiger partial charge in [0.1, 0.15) is 0 Å². The summed E-state index contributed by atoms with van der Waals surface area (Å²) in [6, 6.07) is 6.38. The van der Waals surface area contributed by atoms with Crippen LogP contribution in [0.1, 0.15) is 30.1 Å². The van der Waals surface area contributed by atoms with Gasteiger partial charge in [-0.25, -0.2) is 17.2 Å². The predicted molar refractivity (Wildman–Crippen MR) is 125 cm³/mol. The molecule has 162 valence electrons. The van der Waals surface area contributed by atoms with E-state index in [1.165, 1.54) is 28.6 Å². The third-order valence-corrected chi connectivity index (χ3v) is 8.88. The molecule has 0 radical (unpaired) electrons. The van der Waals surface area contributed by atoms with Crippen molar-refractivity contribution in [1.82, 2.24) is 4.31 Å². The molecule has 0 aromatic heterocycles. The number of nitrogens with one attached hydrogen (secondary N) is 1. The monoisotopic (exact) mass is 662 g/mol. The molecule has 11 heteroatoms. The summed E-state index contributed by atoms with van der Waals surface area (Å²) in [6.45, 7) is 2.02. The van der Waals surface area contributed by atoms with E-state index in [1.54, 1.807) is 29.5 Å². The van der Waals surface area contributed by atoms with Crippen LogP contribution in [-0.2, 0) is 10.0 Å². The van der Waals surface area contributed by atoms with Crippen LogP contribution < -0.4 is 5.32 Å². The molecule has 1 aliphatic rings. The molecule has 1 fully saturated rings. The van der Waals surface area contributed by atoms with Gasteiger partial charge >= 0.3 is 0 Å². The Kier molecular flexibility index (Phi) is 7.06. The van der Waals surface area contributed by atoms with Crippen LogP contribution in [0, 0.1) is 18.8 Å². The number of carbonyl (C=O) groups is 1. The van der Waals surface area contributed by atoms with Crippen molar-refractivity contribution in [3.05, 3.63) is 54.7 Å². The zero-order valence-corrected chi connectivity index (χ0v) is 20.9. The van der Waals surface area contributed by atoms with Gasteiger partial charge in [0, 0.05) is 34.0 Å². The van der Waals surface area contributed by atoms with Gasteiger partial charge in [-0.05, 0) is 89.2 Å². The topological polar surface area (TPSA) is 86.7 Å². The van der Waals surface area contributed by atoms with E-state index in [0.717, 1.165) is 6.07 Å². The third kappa shape index (κ3) is 5.11. The van der Waals surface area contributed by atoms with Gasteiger partial charge in [0.05, 0.1) is 14.1 Å². The number of benzene rings is 2. The summed E-state index contributed by atoms with van der Waals surface area (Å²) in [4.78, 5) is 12.6. The number of rotatable bonds is 4. The maximum Gasteiger partial charge on any atom is 0.255 e. The summed E-state index contributed by atoms with van der Waals surface area (Å²) in [7, 11) is -3.87. The molecule has 0 aliphatic carbocycles. The van der Waals surface area contributed by atoms with Crippen LogP contribution in [0.3, 0.4) is 0 Å². The van der Waals surface area contributed by atoms with E-state index in [4.69, 9.17) is 0 Å². The van der Waals surface area contributed by atoms with Crippen LogP contribution in [0.2, 0.25) is 0 Å². The molecule has 30 heavy (non-hydrogen) atoms. The van der Waals surface area contributed by atoms with Crippen molar-refractivity contribution in [3.63, 3.8) is 0 Å². The van der Waals surface area contributed by atoms with E-state index in [2.05, 4.69) is 5.32 Å². The minimum absolute atomic E-state index is 0.00904. The number of piperidine rings is 1. The summed E-state index contributed by atoms with van der Waals surface area (Å²) in [5.41, 5.74) is -0.773. The van der Waals surface area contributed by atoms with E-state index in [9.17, 15) is 27.1 Å². The predicted octanol–water partition coefficient (Wildman–Crippen LogP) is 3.96. The number of hydrogen-bond donors (Lipinski definition) is 2. The molecule has 0 atom stereocenters. The van der Waals surface area contributed by atoms with Crippen molar-refractivity contribution in [2.75, 3.05) is 18.4 Å². The number of anilines is 1. The highest BCUT2D eigenvalue weighted by Crippen LogP contribution is 2.29. The number of halogens is 4. The van der Waals surface area contributed by atoms with Crippen molar-refractivity contribution >= 4 is 66.8 Å². The Balaban J connectivity index is 1.87. The smallest absolute Gasteiger partial charge is 0.255 e. The molecule has 0 unspecified atom stereocenters. The highest BCUT2D eigenvalue weighted by Gasteiger charge is 2.35. The molecule has 6 nitrogen and oxygen atoms in total. The number of sulfonamides is 1. The second kappa shape index (κ2) is 8.92. The fraction of sp³-hybridized carbons (Fsp3) is 0.316. The molecule has 1 heterocycles. The Morgan fingerprint density at radius 1 is 1.13 bits per heavy atom. The van der Waals surface area contributed by atoms with Crippen molar-refractivity contribution in [3.8, 4) is 0 Å². The molecule has 0 bridgehead atoms. The van der Waals surface area contributed by atoms with Crippen LogP contribution in [0.5, 0.6) is 0 Å². The number of aliphatic hydroxyl groups is 1. The fourth-order valence-corrected chi connectivity index (χ4v) is 6.32. The molecule has 2 aromatic rings. The second-order valence-corrected chi connectivity index (χ2v) is 11.5. The number of hydrogen-bond acceptors (Lipinski definition) is 4.